The number of nitrogens with zero attached hydrogens (tertiary/aromatic N) is 2. The molecule has 2 aromatic rings. The predicted molar refractivity (Wildman–Crippen MR) is 82.9 cm³/mol. The van der Waals surface area contributed by atoms with E-state index in [9.17, 15) is 9.59 Å². The lowest BCUT2D eigenvalue weighted by molar-refractivity contribution is -0.116. The van der Waals surface area contributed by atoms with Gasteiger partial charge in [0.1, 0.15) is 12.3 Å². The zero-order valence-corrected chi connectivity index (χ0v) is 13.1. The van der Waals surface area contributed by atoms with Gasteiger partial charge in [-0.2, -0.15) is 0 Å². The second-order valence-corrected chi connectivity index (χ2v) is 5.08. The van der Waals surface area contributed by atoms with Crippen molar-refractivity contribution in [2.45, 2.75) is 13.8 Å². The van der Waals surface area contributed by atoms with Gasteiger partial charge in [0.25, 0.3) is 5.91 Å². The van der Waals surface area contributed by atoms with E-state index in [1.165, 1.54) is 4.90 Å². The van der Waals surface area contributed by atoms with Crippen LogP contribution in [0, 0.1) is 6.92 Å². The summed E-state index contributed by atoms with van der Waals surface area (Å²) >= 11 is 6.02. The summed E-state index contributed by atoms with van der Waals surface area (Å²) in [4.78, 5) is 25.8. The number of hydrogen-bond donors (Lipinski definition) is 1. The van der Waals surface area contributed by atoms with E-state index in [2.05, 4.69) is 10.5 Å². The summed E-state index contributed by atoms with van der Waals surface area (Å²) < 4.78 is 4.87. The Labute approximate surface area is 133 Å². The van der Waals surface area contributed by atoms with Crippen LogP contribution in [0.15, 0.2) is 34.9 Å². The second-order valence-electron chi connectivity index (χ2n) is 4.67. The van der Waals surface area contributed by atoms with Crippen LogP contribution in [0.2, 0.25) is 5.02 Å². The molecule has 0 saturated heterocycles. The molecule has 0 bridgehead atoms. The molecule has 1 aromatic carbocycles. The minimum absolute atomic E-state index is 0.0908. The molecule has 0 aliphatic carbocycles. The number of benzene rings is 1. The largest absolute Gasteiger partial charge is 0.360 e. The van der Waals surface area contributed by atoms with Gasteiger partial charge in [0.15, 0.2) is 5.82 Å². The van der Waals surface area contributed by atoms with Crippen molar-refractivity contribution in [1.29, 1.82) is 0 Å². The van der Waals surface area contributed by atoms with Crippen LogP contribution in [0.4, 0.5) is 5.82 Å². The Balaban J connectivity index is 2.04. The molecule has 6 nitrogen and oxygen atoms in total. The molecule has 1 aromatic heterocycles. The maximum atomic E-state index is 12.4. The van der Waals surface area contributed by atoms with Crippen molar-refractivity contribution in [3.63, 3.8) is 0 Å². The summed E-state index contributed by atoms with van der Waals surface area (Å²) in [5, 5.41) is 6.61. The van der Waals surface area contributed by atoms with Gasteiger partial charge in [0.2, 0.25) is 5.91 Å². The number of amides is 2. The highest BCUT2D eigenvalue weighted by atomic mass is 35.5. The Bertz CT molecular complexity index is 684. The summed E-state index contributed by atoms with van der Waals surface area (Å²) in [6.07, 6.45) is 0. The summed E-state index contributed by atoms with van der Waals surface area (Å²) in [5.74, 6) is 0.272. The molecule has 0 fully saturated rings. The minimum Gasteiger partial charge on any atom is -0.360 e. The fraction of sp³-hybridized carbons (Fsp3) is 0.267. The summed E-state index contributed by atoms with van der Waals surface area (Å²) in [7, 11) is 0. The third-order valence-corrected chi connectivity index (χ3v) is 3.33. The van der Waals surface area contributed by atoms with Gasteiger partial charge >= 0.3 is 0 Å². The number of aromatic nitrogens is 1. The van der Waals surface area contributed by atoms with E-state index in [0.29, 0.717) is 28.7 Å². The first-order valence-electron chi connectivity index (χ1n) is 6.78. The molecule has 0 atom stereocenters. The van der Waals surface area contributed by atoms with Crippen molar-refractivity contribution in [2.75, 3.05) is 18.4 Å². The van der Waals surface area contributed by atoms with Gasteiger partial charge in [-0.05, 0) is 26.0 Å². The number of likely N-dealkylation sites (N-methyl/N-ethyl adjacent to an activating group) is 1. The summed E-state index contributed by atoms with van der Waals surface area (Å²) in [6.45, 7) is 3.81. The normalized spacial score (nSPS) is 10.3. The molecule has 0 aliphatic rings. The van der Waals surface area contributed by atoms with E-state index in [0.717, 1.165) is 0 Å². The monoisotopic (exact) mass is 321 g/mol. The molecule has 2 rings (SSSR count). The van der Waals surface area contributed by atoms with Crippen LogP contribution in [0.5, 0.6) is 0 Å². The number of carbonyl (C=O) groups excluding carboxylic acids is 2. The highest BCUT2D eigenvalue weighted by Crippen LogP contribution is 2.17. The fourth-order valence-electron chi connectivity index (χ4n) is 1.91. The Morgan fingerprint density at radius 3 is 2.68 bits per heavy atom. The molecule has 22 heavy (non-hydrogen) atoms. The van der Waals surface area contributed by atoms with Crippen molar-refractivity contribution >= 4 is 29.2 Å². The molecule has 1 N–H and O–H groups in total. The molecule has 0 unspecified atom stereocenters. The standard InChI is InChI=1S/C15H16ClN3O3/c1-3-19(15(21)11-6-4-5-7-12(11)16)9-14(20)17-13-8-10(2)22-18-13/h4-8H,3,9H2,1-2H3,(H,17,18,20). The molecule has 0 spiro atoms. The lowest BCUT2D eigenvalue weighted by atomic mass is 10.2. The first kappa shape index (κ1) is 16.0. The zero-order valence-electron chi connectivity index (χ0n) is 12.3. The van der Waals surface area contributed by atoms with E-state index in [1.54, 1.807) is 44.2 Å². The third-order valence-electron chi connectivity index (χ3n) is 3.00. The van der Waals surface area contributed by atoms with Gasteiger partial charge in [-0.15, -0.1) is 0 Å². The van der Waals surface area contributed by atoms with Gasteiger partial charge < -0.3 is 14.7 Å². The van der Waals surface area contributed by atoms with Crippen LogP contribution in [-0.2, 0) is 4.79 Å². The lowest BCUT2D eigenvalue weighted by Gasteiger charge is -2.20. The molecule has 0 aliphatic heterocycles. The minimum atomic E-state index is -0.351. The maximum Gasteiger partial charge on any atom is 0.255 e. The quantitative estimate of drug-likeness (QED) is 0.918. The van der Waals surface area contributed by atoms with Gasteiger partial charge in [0.05, 0.1) is 10.6 Å². The second kappa shape index (κ2) is 7.09. The zero-order chi connectivity index (χ0) is 16.1. The Hall–Kier alpha value is -2.34. The predicted octanol–water partition coefficient (Wildman–Crippen LogP) is 2.74. The number of hydrogen-bond acceptors (Lipinski definition) is 4. The summed E-state index contributed by atoms with van der Waals surface area (Å²) in [5.41, 5.74) is 0.371. The number of rotatable bonds is 5. The number of nitrogens with one attached hydrogen (secondary N) is 1. The molecule has 0 radical (unpaired) electrons. The van der Waals surface area contributed by atoms with Crippen molar-refractivity contribution < 1.29 is 14.1 Å². The van der Waals surface area contributed by atoms with E-state index in [-0.39, 0.29) is 18.4 Å². The van der Waals surface area contributed by atoms with Gasteiger partial charge in [-0.1, -0.05) is 28.9 Å². The topological polar surface area (TPSA) is 75.4 Å². The molecule has 1 heterocycles. The number of carbonyl (C=O) groups is 2. The van der Waals surface area contributed by atoms with Crippen LogP contribution >= 0.6 is 11.6 Å². The average Bonchev–Trinajstić information content (AvgIpc) is 2.89. The van der Waals surface area contributed by atoms with Gasteiger partial charge in [0, 0.05) is 12.6 Å². The average molecular weight is 322 g/mol. The number of anilines is 1. The van der Waals surface area contributed by atoms with Crippen molar-refractivity contribution in [1.82, 2.24) is 10.1 Å². The van der Waals surface area contributed by atoms with E-state index in [1.807, 2.05) is 0 Å². The van der Waals surface area contributed by atoms with Crippen molar-refractivity contribution in [3.8, 4) is 0 Å². The smallest absolute Gasteiger partial charge is 0.255 e. The molecule has 7 heteroatoms. The van der Waals surface area contributed by atoms with Crippen molar-refractivity contribution in [2.24, 2.45) is 0 Å². The van der Waals surface area contributed by atoms with E-state index in [4.69, 9.17) is 16.1 Å². The van der Waals surface area contributed by atoms with Crippen LogP contribution < -0.4 is 5.32 Å². The molecular formula is C15H16ClN3O3. The molecule has 116 valence electrons. The summed E-state index contributed by atoms with van der Waals surface area (Å²) in [6, 6.07) is 8.34. The fourth-order valence-corrected chi connectivity index (χ4v) is 2.13. The molecule has 0 saturated carbocycles. The number of aryl methyl sites for hydroxylation is 1. The highest BCUT2D eigenvalue weighted by Gasteiger charge is 2.19. The van der Waals surface area contributed by atoms with Crippen molar-refractivity contribution in [3.05, 3.63) is 46.7 Å². The Morgan fingerprint density at radius 1 is 1.36 bits per heavy atom. The lowest BCUT2D eigenvalue weighted by Crippen LogP contribution is -2.38. The molecule has 2 amide bonds. The van der Waals surface area contributed by atoms with E-state index < -0.39 is 0 Å². The Morgan fingerprint density at radius 2 is 2.09 bits per heavy atom. The highest BCUT2D eigenvalue weighted by molar-refractivity contribution is 6.33. The van der Waals surface area contributed by atoms with Crippen LogP contribution in [0.3, 0.4) is 0 Å². The van der Waals surface area contributed by atoms with Crippen LogP contribution in [0.1, 0.15) is 23.0 Å². The first-order chi connectivity index (χ1) is 10.5. The first-order valence-corrected chi connectivity index (χ1v) is 7.16. The Kier molecular flexibility index (Phi) is 5.16. The molecular weight excluding hydrogens is 306 g/mol. The SMILES string of the molecule is CCN(CC(=O)Nc1cc(C)on1)C(=O)c1ccccc1Cl. The third kappa shape index (κ3) is 3.85. The number of halogens is 1. The van der Waals surface area contributed by atoms with Crippen LogP contribution in [0.25, 0.3) is 0 Å². The van der Waals surface area contributed by atoms with Gasteiger partial charge in [-0.3, -0.25) is 9.59 Å². The van der Waals surface area contributed by atoms with Gasteiger partial charge in [-0.25, -0.2) is 0 Å². The van der Waals surface area contributed by atoms with Crippen LogP contribution in [-0.4, -0.2) is 35.0 Å². The maximum absolute atomic E-state index is 12.4. The van der Waals surface area contributed by atoms with E-state index >= 15 is 0 Å².